The summed E-state index contributed by atoms with van der Waals surface area (Å²) in [5.74, 6) is -0.752. The van der Waals surface area contributed by atoms with E-state index in [1.807, 2.05) is 32.8 Å². The summed E-state index contributed by atoms with van der Waals surface area (Å²) in [6.07, 6.45) is 1.58. The normalized spacial score (nSPS) is 15.5. The highest BCUT2D eigenvalue weighted by Crippen LogP contribution is 1.99. The summed E-state index contributed by atoms with van der Waals surface area (Å²) >= 11 is 0. The number of nitrogens with zero attached hydrogens (tertiary/aromatic N) is 1. The third kappa shape index (κ3) is 5.94. The Morgan fingerprint density at radius 2 is 2.07 bits per heavy atom. The van der Waals surface area contributed by atoms with Crippen molar-refractivity contribution in [3.63, 3.8) is 0 Å². The van der Waals surface area contributed by atoms with Crippen molar-refractivity contribution in [1.82, 2.24) is 10.2 Å². The Kier molecular flexibility index (Phi) is 6.49. The molecule has 0 aliphatic heterocycles. The molecule has 4 heteroatoms. The second-order valence-electron chi connectivity index (χ2n) is 4.01. The molecule has 0 radical (unpaired) electrons. The number of hydrogen-bond acceptors (Lipinski definition) is 3. The van der Waals surface area contributed by atoms with Gasteiger partial charge in [0.25, 0.3) is 0 Å². The van der Waals surface area contributed by atoms with Crippen LogP contribution in [-0.4, -0.2) is 48.7 Å². The number of likely N-dealkylation sites (N-methyl/N-ethyl adjacent to an activating group) is 1. The molecule has 0 bridgehead atoms. The lowest BCUT2D eigenvalue weighted by Gasteiger charge is -2.22. The van der Waals surface area contributed by atoms with Crippen LogP contribution in [0.1, 0.15) is 26.7 Å². The molecule has 2 N–H and O–H groups in total. The molecule has 0 aliphatic rings. The van der Waals surface area contributed by atoms with Crippen molar-refractivity contribution < 1.29 is 9.90 Å². The van der Waals surface area contributed by atoms with Crippen LogP contribution in [-0.2, 0) is 4.79 Å². The zero-order valence-electron chi connectivity index (χ0n) is 9.58. The fourth-order valence-corrected chi connectivity index (χ4v) is 1.51. The van der Waals surface area contributed by atoms with Gasteiger partial charge in [-0.3, -0.25) is 4.79 Å². The first kappa shape index (κ1) is 13.4. The van der Waals surface area contributed by atoms with Gasteiger partial charge in [0.2, 0.25) is 0 Å². The van der Waals surface area contributed by atoms with Crippen LogP contribution in [0.5, 0.6) is 0 Å². The van der Waals surface area contributed by atoms with E-state index in [0.29, 0.717) is 6.42 Å². The van der Waals surface area contributed by atoms with Gasteiger partial charge in [0.05, 0.1) is 0 Å². The van der Waals surface area contributed by atoms with E-state index in [1.54, 1.807) is 0 Å². The molecule has 0 aromatic rings. The van der Waals surface area contributed by atoms with Gasteiger partial charge >= 0.3 is 5.97 Å². The summed E-state index contributed by atoms with van der Waals surface area (Å²) in [6.45, 7) is 4.85. The first-order valence-corrected chi connectivity index (χ1v) is 5.11. The van der Waals surface area contributed by atoms with E-state index in [1.165, 1.54) is 0 Å². The Morgan fingerprint density at radius 1 is 1.50 bits per heavy atom. The van der Waals surface area contributed by atoms with Gasteiger partial charge in [-0.25, -0.2) is 0 Å². The monoisotopic (exact) mass is 202 g/mol. The molecule has 84 valence electrons. The Balaban J connectivity index is 3.95. The second kappa shape index (κ2) is 6.79. The highest BCUT2D eigenvalue weighted by molar-refractivity contribution is 5.73. The van der Waals surface area contributed by atoms with Gasteiger partial charge in [-0.15, -0.1) is 0 Å². The lowest BCUT2D eigenvalue weighted by Crippen LogP contribution is -2.45. The molecule has 0 aromatic heterocycles. The Hall–Kier alpha value is -0.610. The Bertz CT molecular complexity index is 172. The molecule has 2 atom stereocenters. The van der Waals surface area contributed by atoms with Crippen molar-refractivity contribution in [2.24, 2.45) is 0 Å². The first-order chi connectivity index (χ1) is 6.47. The van der Waals surface area contributed by atoms with E-state index in [-0.39, 0.29) is 6.04 Å². The summed E-state index contributed by atoms with van der Waals surface area (Å²) in [4.78, 5) is 12.9. The lowest BCUT2D eigenvalue weighted by molar-refractivity contribution is -0.139. The maximum atomic E-state index is 10.8. The molecule has 0 fully saturated rings. The van der Waals surface area contributed by atoms with Gasteiger partial charge in [0.15, 0.2) is 0 Å². The smallest absolute Gasteiger partial charge is 0.320 e. The second-order valence-corrected chi connectivity index (χ2v) is 4.01. The summed E-state index contributed by atoms with van der Waals surface area (Å²) in [5.41, 5.74) is 0. The molecule has 2 unspecified atom stereocenters. The van der Waals surface area contributed by atoms with Crippen LogP contribution in [0.4, 0.5) is 0 Å². The number of aliphatic carboxylic acids is 1. The third-order valence-corrected chi connectivity index (χ3v) is 2.00. The van der Waals surface area contributed by atoms with E-state index in [0.717, 1.165) is 13.0 Å². The molecule has 0 amide bonds. The van der Waals surface area contributed by atoms with E-state index >= 15 is 0 Å². The van der Waals surface area contributed by atoms with Crippen molar-refractivity contribution in [2.45, 2.75) is 38.8 Å². The molecular weight excluding hydrogens is 180 g/mol. The van der Waals surface area contributed by atoms with Gasteiger partial charge in [-0.2, -0.15) is 0 Å². The van der Waals surface area contributed by atoms with Crippen LogP contribution in [0.3, 0.4) is 0 Å². The molecule has 0 heterocycles. The predicted molar refractivity (Wildman–Crippen MR) is 57.5 cm³/mol. The van der Waals surface area contributed by atoms with Crippen LogP contribution in [0.2, 0.25) is 0 Å². The van der Waals surface area contributed by atoms with Gasteiger partial charge in [0, 0.05) is 12.6 Å². The van der Waals surface area contributed by atoms with Crippen LogP contribution in [0.25, 0.3) is 0 Å². The molecule has 0 rings (SSSR count). The quantitative estimate of drug-likeness (QED) is 0.640. The number of carbonyl (C=O) groups is 1. The molecule has 0 aromatic carbocycles. The van der Waals surface area contributed by atoms with Gasteiger partial charge in [-0.1, -0.05) is 13.3 Å². The fraction of sp³-hybridized carbons (Fsp3) is 0.900. The average Bonchev–Trinajstić information content (AvgIpc) is 2.01. The maximum Gasteiger partial charge on any atom is 0.320 e. The SMILES string of the molecule is CCCC(NC(C)CN(C)C)C(=O)O. The van der Waals surface area contributed by atoms with Gasteiger partial charge in [-0.05, 0) is 27.4 Å². The van der Waals surface area contributed by atoms with E-state index in [9.17, 15) is 4.79 Å². The summed E-state index contributed by atoms with van der Waals surface area (Å²) < 4.78 is 0. The number of carboxylic acids is 1. The van der Waals surface area contributed by atoms with Crippen LogP contribution in [0, 0.1) is 0 Å². The zero-order chi connectivity index (χ0) is 11.1. The minimum absolute atomic E-state index is 0.206. The highest BCUT2D eigenvalue weighted by Gasteiger charge is 2.18. The summed E-state index contributed by atoms with van der Waals surface area (Å²) in [6, 6.07) is -0.201. The van der Waals surface area contributed by atoms with Crippen molar-refractivity contribution in [3.05, 3.63) is 0 Å². The predicted octanol–water partition coefficient (Wildman–Crippen LogP) is 0.779. The highest BCUT2D eigenvalue weighted by atomic mass is 16.4. The lowest BCUT2D eigenvalue weighted by atomic mass is 10.1. The van der Waals surface area contributed by atoms with Crippen molar-refractivity contribution in [3.8, 4) is 0 Å². The summed E-state index contributed by atoms with van der Waals surface area (Å²) in [7, 11) is 3.96. The molecule has 0 aliphatic carbocycles. The van der Waals surface area contributed by atoms with Crippen LogP contribution >= 0.6 is 0 Å². The zero-order valence-corrected chi connectivity index (χ0v) is 9.58. The third-order valence-electron chi connectivity index (χ3n) is 2.00. The van der Waals surface area contributed by atoms with E-state index in [4.69, 9.17) is 5.11 Å². The van der Waals surface area contributed by atoms with Gasteiger partial charge in [0.1, 0.15) is 6.04 Å². The van der Waals surface area contributed by atoms with Crippen LogP contribution < -0.4 is 5.32 Å². The minimum Gasteiger partial charge on any atom is -0.480 e. The molecule has 0 saturated carbocycles. The average molecular weight is 202 g/mol. The first-order valence-electron chi connectivity index (χ1n) is 5.11. The van der Waals surface area contributed by atoms with Crippen molar-refractivity contribution in [2.75, 3.05) is 20.6 Å². The van der Waals surface area contributed by atoms with Crippen LogP contribution in [0.15, 0.2) is 0 Å². The topological polar surface area (TPSA) is 52.6 Å². The van der Waals surface area contributed by atoms with E-state index in [2.05, 4.69) is 5.32 Å². The Labute approximate surface area is 86.3 Å². The molecule has 14 heavy (non-hydrogen) atoms. The van der Waals surface area contributed by atoms with Crippen molar-refractivity contribution in [1.29, 1.82) is 0 Å². The number of carboxylic acid groups (broad SMARTS) is 1. The minimum atomic E-state index is -0.752. The largest absolute Gasteiger partial charge is 0.480 e. The van der Waals surface area contributed by atoms with Gasteiger partial charge < -0.3 is 15.3 Å². The van der Waals surface area contributed by atoms with E-state index < -0.39 is 12.0 Å². The van der Waals surface area contributed by atoms with Crippen molar-refractivity contribution >= 4 is 5.97 Å². The summed E-state index contributed by atoms with van der Waals surface area (Å²) in [5, 5.41) is 12.0. The standard InChI is InChI=1S/C10H22N2O2/c1-5-6-9(10(13)14)11-8(2)7-12(3)4/h8-9,11H,5-7H2,1-4H3,(H,13,14). The fourth-order valence-electron chi connectivity index (χ4n) is 1.51. The maximum absolute atomic E-state index is 10.8. The number of rotatable bonds is 7. The number of nitrogens with one attached hydrogen (secondary N) is 1. The molecule has 0 spiro atoms. The molecule has 4 nitrogen and oxygen atoms in total. The molecular formula is C10H22N2O2. The number of hydrogen-bond donors (Lipinski definition) is 2. The Morgan fingerprint density at radius 3 is 2.43 bits per heavy atom. The molecule has 0 saturated heterocycles.